The molecule has 0 aliphatic carbocycles. The van der Waals surface area contributed by atoms with Gasteiger partial charge in [-0.25, -0.2) is 14.2 Å². The van der Waals surface area contributed by atoms with E-state index in [4.69, 9.17) is 14.6 Å². The van der Waals surface area contributed by atoms with Crippen LogP contribution < -0.4 is 16.0 Å². The van der Waals surface area contributed by atoms with Crippen LogP contribution in [0.4, 0.5) is 0 Å². The van der Waals surface area contributed by atoms with E-state index in [9.17, 15) is 24.0 Å². The third-order valence-corrected chi connectivity index (χ3v) is 6.76. The highest BCUT2D eigenvalue weighted by atomic mass is 16.6. The van der Waals surface area contributed by atoms with E-state index in [-0.39, 0.29) is 28.9 Å². The number of hydrogen-bond donors (Lipinski definition) is 2. The largest absolute Gasteiger partial charge is 0.482 e. The summed E-state index contributed by atoms with van der Waals surface area (Å²) in [6.07, 6.45) is 1.77. The molecule has 220 valence electrons. The molecule has 0 aliphatic rings. The summed E-state index contributed by atoms with van der Waals surface area (Å²) < 4.78 is 13.2. The number of fused-ring (bicyclic) bond motifs is 2. The van der Waals surface area contributed by atoms with E-state index in [1.165, 1.54) is 18.2 Å². The van der Waals surface area contributed by atoms with Gasteiger partial charge in [0.1, 0.15) is 17.9 Å². The number of benzene rings is 2. The number of rotatable bonds is 8. The van der Waals surface area contributed by atoms with Crippen LogP contribution in [-0.4, -0.2) is 49.0 Å². The minimum atomic E-state index is -1.34. The van der Waals surface area contributed by atoms with Gasteiger partial charge in [-0.2, -0.15) is 0 Å². The number of aliphatic carboxylic acids is 1. The van der Waals surface area contributed by atoms with E-state index in [2.05, 4.69) is 4.98 Å². The van der Waals surface area contributed by atoms with Gasteiger partial charge in [-0.15, -0.1) is 0 Å². The Labute approximate surface area is 244 Å². The monoisotopic (exact) mass is 583 g/mol. The van der Waals surface area contributed by atoms with Gasteiger partial charge in [-0.05, 0) is 81.3 Å². The topological polar surface area (TPSA) is 149 Å². The quantitative estimate of drug-likeness (QED) is 0.206. The lowest BCUT2D eigenvalue weighted by molar-refractivity contribution is -0.157. The molecule has 11 heteroatoms. The van der Waals surface area contributed by atoms with Crippen molar-refractivity contribution in [3.63, 3.8) is 0 Å². The van der Waals surface area contributed by atoms with E-state index in [0.717, 1.165) is 16.6 Å². The van der Waals surface area contributed by atoms with E-state index in [1.807, 2.05) is 31.2 Å². The van der Waals surface area contributed by atoms with Crippen molar-refractivity contribution in [1.82, 2.24) is 14.0 Å². The van der Waals surface area contributed by atoms with Gasteiger partial charge in [0.25, 0.3) is 5.56 Å². The fraction of sp³-hybridized carbons (Fsp3) is 0.219. The number of ketones is 1. The number of aromatic nitrogens is 3. The van der Waals surface area contributed by atoms with Crippen LogP contribution >= 0.6 is 0 Å². The van der Waals surface area contributed by atoms with Crippen LogP contribution in [0.25, 0.3) is 27.5 Å². The predicted octanol–water partition coefficient (Wildman–Crippen LogP) is 3.95. The summed E-state index contributed by atoms with van der Waals surface area (Å²) in [5, 5.41) is 9.13. The molecule has 0 radical (unpaired) electrons. The molecule has 0 atom stereocenters. The van der Waals surface area contributed by atoms with Crippen molar-refractivity contribution in [2.45, 2.75) is 39.8 Å². The van der Waals surface area contributed by atoms with Gasteiger partial charge in [0.15, 0.2) is 6.61 Å². The van der Waals surface area contributed by atoms with Crippen molar-refractivity contribution in [2.75, 3.05) is 6.61 Å². The van der Waals surface area contributed by atoms with E-state index < -0.39 is 35.3 Å². The van der Waals surface area contributed by atoms with Crippen LogP contribution in [0.1, 0.15) is 42.4 Å². The number of carbonyl (C=O) groups is 3. The van der Waals surface area contributed by atoms with Crippen LogP contribution in [0.3, 0.4) is 0 Å². The van der Waals surface area contributed by atoms with Crippen molar-refractivity contribution in [1.29, 1.82) is 0 Å². The highest BCUT2D eigenvalue weighted by molar-refractivity contribution is 6.12. The Morgan fingerprint density at radius 2 is 1.70 bits per heavy atom. The van der Waals surface area contributed by atoms with E-state index >= 15 is 0 Å². The molecule has 2 N–H and O–H groups in total. The third kappa shape index (κ3) is 5.82. The maximum atomic E-state index is 14.0. The van der Waals surface area contributed by atoms with Crippen molar-refractivity contribution in [3.8, 4) is 16.9 Å². The van der Waals surface area contributed by atoms with Gasteiger partial charge in [-0.1, -0.05) is 18.2 Å². The van der Waals surface area contributed by atoms with Crippen LogP contribution in [0.2, 0.25) is 0 Å². The standard InChI is InChI=1S/C32H29N3O8/c1-18-27(19-8-11-21(12-9-19)42-17-26(38)43-32(2,3)4)24-7-5-6-14-34(24)28(18)29(39)20-10-13-23-22(15-20)30(40)35(16-25(36)37)31(41)33-23/h5-15H,16-17H2,1-4H3,(H,33,41)(H,36,37). The smallest absolute Gasteiger partial charge is 0.344 e. The van der Waals surface area contributed by atoms with Crippen LogP contribution in [0.5, 0.6) is 5.75 Å². The number of esters is 1. The van der Waals surface area contributed by atoms with Crippen molar-refractivity contribution in [3.05, 3.63) is 105 Å². The van der Waals surface area contributed by atoms with Crippen molar-refractivity contribution < 1.29 is 29.0 Å². The first-order valence-electron chi connectivity index (χ1n) is 13.4. The maximum Gasteiger partial charge on any atom is 0.344 e. The lowest BCUT2D eigenvalue weighted by Crippen LogP contribution is -2.37. The number of ether oxygens (including phenoxy) is 2. The van der Waals surface area contributed by atoms with Gasteiger partial charge in [0.2, 0.25) is 5.78 Å². The molecule has 5 rings (SSSR count). The number of carboxylic acids is 1. The second-order valence-electron chi connectivity index (χ2n) is 11.0. The number of H-pyrrole nitrogens is 1. The molecule has 5 aromatic rings. The van der Waals surface area contributed by atoms with Gasteiger partial charge in [-0.3, -0.25) is 14.4 Å². The Morgan fingerprint density at radius 1 is 0.977 bits per heavy atom. The Hall–Kier alpha value is -5.45. The van der Waals surface area contributed by atoms with Crippen LogP contribution in [-0.2, 0) is 20.9 Å². The zero-order valence-electron chi connectivity index (χ0n) is 24.0. The van der Waals surface area contributed by atoms with Gasteiger partial charge >= 0.3 is 17.6 Å². The molecule has 3 heterocycles. The molecule has 0 unspecified atom stereocenters. The van der Waals surface area contributed by atoms with Gasteiger partial charge in [0, 0.05) is 17.3 Å². The zero-order chi connectivity index (χ0) is 31.1. The Balaban J connectivity index is 1.52. The number of pyridine rings is 1. The van der Waals surface area contributed by atoms with Crippen LogP contribution in [0.15, 0.2) is 76.4 Å². The molecule has 2 aromatic carbocycles. The maximum absolute atomic E-state index is 14.0. The van der Waals surface area contributed by atoms with E-state index in [0.29, 0.717) is 21.6 Å². The molecule has 0 saturated heterocycles. The first kappa shape index (κ1) is 29.1. The number of aromatic amines is 1. The first-order chi connectivity index (χ1) is 20.3. The molecular formula is C32H29N3O8. The molecule has 0 aliphatic heterocycles. The minimum Gasteiger partial charge on any atom is -0.482 e. The summed E-state index contributed by atoms with van der Waals surface area (Å²) in [7, 11) is 0. The fourth-order valence-corrected chi connectivity index (χ4v) is 5.02. The summed E-state index contributed by atoms with van der Waals surface area (Å²) in [5.74, 6) is -1.70. The average molecular weight is 584 g/mol. The SMILES string of the molecule is Cc1c(-c2ccc(OCC(=O)OC(C)(C)C)cc2)c2ccccn2c1C(=O)c1ccc2[nH]c(=O)n(CC(=O)O)c(=O)c2c1. The first-order valence-corrected chi connectivity index (χ1v) is 13.4. The number of carbonyl (C=O) groups excluding carboxylic acids is 2. The number of nitrogens with zero attached hydrogens (tertiary/aromatic N) is 2. The molecule has 11 nitrogen and oxygen atoms in total. The minimum absolute atomic E-state index is 0.0207. The normalized spacial score (nSPS) is 11.5. The molecule has 3 aromatic heterocycles. The zero-order valence-corrected chi connectivity index (χ0v) is 24.0. The van der Waals surface area contributed by atoms with Crippen LogP contribution in [0, 0.1) is 6.92 Å². The van der Waals surface area contributed by atoms with Gasteiger partial charge in [0.05, 0.1) is 22.1 Å². The number of carboxylic acid groups (broad SMARTS) is 1. The number of nitrogens with one attached hydrogen (secondary N) is 1. The summed E-state index contributed by atoms with van der Waals surface area (Å²) in [6.45, 7) is 6.14. The molecule has 43 heavy (non-hydrogen) atoms. The fourth-order valence-electron chi connectivity index (χ4n) is 5.02. The summed E-state index contributed by atoms with van der Waals surface area (Å²) >= 11 is 0. The van der Waals surface area contributed by atoms with Gasteiger partial charge < -0.3 is 24.0 Å². The Morgan fingerprint density at radius 3 is 2.37 bits per heavy atom. The Bertz CT molecular complexity index is 2030. The summed E-state index contributed by atoms with van der Waals surface area (Å²) in [4.78, 5) is 64.9. The third-order valence-electron chi connectivity index (χ3n) is 6.76. The number of hydrogen-bond acceptors (Lipinski definition) is 7. The van der Waals surface area contributed by atoms with Crippen molar-refractivity contribution in [2.24, 2.45) is 0 Å². The average Bonchev–Trinajstić information content (AvgIpc) is 3.24. The Kier molecular flexibility index (Phi) is 7.49. The molecule has 0 saturated carbocycles. The molecule has 0 fully saturated rings. The van der Waals surface area contributed by atoms with E-state index in [1.54, 1.807) is 49.6 Å². The second kappa shape index (κ2) is 11.1. The highest BCUT2D eigenvalue weighted by Gasteiger charge is 2.24. The summed E-state index contributed by atoms with van der Waals surface area (Å²) in [5.41, 5.74) is 1.61. The lowest BCUT2D eigenvalue weighted by atomic mass is 9.98. The second-order valence-corrected chi connectivity index (χ2v) is 11.0. The molecular weight excluding hydrogens is 554 g/mol. The highest BCUT2D eigenvalue weighted by Crippen LogP contribution is 2.35. The molecule has 0 bridgehead atoms. The predicted molar refractivity (Wildman–Crippen MR) is 159 cm³/mol. The molecule has 0 amide bonds. The molecule has 0 spiro atoms. The van der Waals surface area contributed by atoms with Crippen molar-refractivity contribution >= 4 is 34.1 Å². The lowest BCUT2D eigenvalue weighted by Gasteiger charge is -2.19. The summed E-state index contributed by atoms with van der Waals surface area (Å²) in [6, 6.07) is 17.0.